The van der Waals surface area contributed by atoms with Gasteiger partial charge in [0.2, 0.25) is 0 Å². The van der Waals surface area contributed by atoms with Gasteiger partial charge in [-0.25, -0.2) is 0 Å². The standard InChI is InChI=1S/C15H16N2O4/c1-21-15(18)9-12-11-8-10(17(19)20)5-6-14(11)16-7-3-2-4-13(12)16/h5-6,8H,2-4,7,9H2,1H3. The summed E-state index contributed by atoms with van der Waals surface area (Å²) in [6, 6.07) is 4.87. The quantitative estimate of drug-likeness (QED) is 0.494. The fraction of sp³-hybridized carbons (Fsp3) is 0.400. The lowest BCUT2D eigenvalue weighted by Crippen LogP contribution is -2.12. The molecule has 3 rings (SSSR count). The van der Waals surface area contributed by atoms with E-state index in [1.165, 1.54) is 13.2 Å². The molecule has 0 spiro atoms. The van der Waals surface area contributed by atoms with Crippen LogP contribution in [-0.4, -0.2) is 22.6 Å². The number of nitro benzene ring substituents is 1. The minimum absolute atomic E-state index is 0.0524. The number of benzene rings is 1. The topological polar surface area (TPSA) is 74.4 Å². The second-order valence-corrected chi connectivity index (χ2v) is 5.25. The molecule has 0 saturated carbocycles. The highest BCUT2D eigenvalue weighted by Gasteiger charge is 2.23. The van der Waals surface area contributed by atoms with Crippen LogP contribution in [-0.2, 0) is 28.9 Å². The Labute approximate surface area is 121 Å². The number of esters is 1. The Kier molecular flexibility index (Phi) is 3.37. The predicted molar refractivity (Wildman–Crippen MR) is 77.3 cm³/mol. The molecule has 21 heavy (non-hydrogen) atoms. The number of non-ortho nitro benzene ring substituents is 1. The van der Waals surface area contributed by atoms with Gasteiger partial charge in [-0.15, -0.1) is 0 Å². The maximum absolute atomic E-state index is 11.7. The average Bonchev–Trinajstić information content (AvgIpc) is 2.81. The molecule has 6 heteroatoms. The van der Waals surface area contributed by atoms with Crippen LogP contribution in [0.3, 0.4) is 0 Å². The molecular formula is C15H16N2O4. The van der Waals surface area contributed by atoms with Crippen molar-refractivity contribution in [1.29, 1.82) is 0 Å². The maximum atomic E-state index is 11.7. The van der Waals surface area contributed by atoms with Crippen molar-refractivity contribution in [1.82, 2.24) is 4.57 Å². The number of methoxy groups -OCH3 is 1. The highest BCUT2D eigenvalue weighted by Crippen LogP contribution is 2.33. The van der Waals surface area contributed by atoms with Crippen molar-refractivity contribution in [2.24, 2.45) is 0 Å². The van der Waals surface area contributed by atoms with E-state index >= 15 is 0 Å². The summed E-state index contributed by atoms with van der Waals surface area (Å²) in [7, 11) is 1.36. The number of hydrogen-bond acceptors (Lipinski definition) is 4. The third kappa shape index (κ3) is 2.26. The molecule has 1 aromatic heterocycles. The summed E-state index contributed by atoms with van der Waals surface area (Å²) < 4.78 is 6.94. The molecule has 2 aromatic rings. The third-order valence-corrected chi connectivity index (χ3v) is 4.08. The van der Waals surface area contributed by atoms with E-state index in [4.69, 9.17) is 4.74 Å². The van der Waals surface area contributed by atoms with Crippen LogP contribution in [0, 0.1) is 10.1 Å². The Morgan fingerprint density at radius 2 is 2.24 bits per heavy atom. The lowest BCUT2D eigenvalue weighted by molar-refractivity contribution is -0.384. The lowest BCUT2D eigenvalue weighted by Gasteiger charge is -2.17. The number of rotatable bonds is 3. The van der Waals surface area contributed by atoms with Gasteiger partial charge in [-0.3, -0.25) is 14.9 Å². The summed E-state index contributed by atoms with van der Waals surface area (Å²) in [4.78, 5) is 22.2. The van der Waals surface area contributed by atoms with Gasteiger partial charge in [-0.1, -0.05) is 0 Å². The van der Waals surface area contributed by atoms with Gasteiger partial charge < -0.3 is 9.30 Å². The summed E-state index contributed by atoms with van der Waals surface area (Å²) in [6.45, 7) is 0.894. The van der Waals surface area contributed by atoms with E-state index in [9.17, 15) is 14.9 Å². The average molecular weight is 288 g/mol. The summed E-state index contributed by atoms with van der Waals surface area (Å²) in [5, 5.41) is 11.8. The summed E-state index contributed by atoms with van der Waals surface area (Å²) in [5.74, 6) is -0.317. The van der Waals surface area contributed by atoms with E-state index in [1.54, 1.807) is 12.1 Å². The molecule has 0 saturated heterocycles. The Morgan fingerprint density at radius 3 is 2.95 bits per heavy atom. The second-order valence-electron chi connectivity index (χ2n) is 5.25. The van der Waals surface area contributed by atoms with E-state index in [-0.39, 0.29) is 18.1 Å². The minimum atomic E-state index is -0.405. The van der Waals surface area contributed by atoms with E-state index in [0.717, 1.165) is 48.0 Å². The van der Waals surface area contributed by atoms with Crippen molar-refractivity contribution in [3.63, 3.8) is 0 Å². The van der Waals surface area contributed by atoms with Crippen molar-refractivity contribution in [2.45, 2.75) is 32.2 Å². The van der Waals surface area contributed by atoms with Crippen LogP contribution in [0.15, 0.2) is 18.2 Å². The number of carbonyl (C=O) groups is 1. The molecular weight excluding hydrogens is 272 g/mol. The molecule has 0 radical (unpaired) electrons. The predicted octanol–water partition coefficient (Wildman–Crippen LogP) is 2.60. The largest absolute Gasteiger partial charge is 0.469 e. The molecule has 0 unspecified atom stereocenters. The number of carbonyl (C=O) groups excluding carboxylic acids is 1. The van der Waals surface area contributed by atoms with Crippen molar-refractivity contribution in [3.8, 4) is 0 Å². The van der Waals surface area contributed by atoms with E-state index in [2.05, 4.69) is 4.57 Å². The fourth-order valence-corrected chi connectivity index (χ4v) is 3.10. The van der Waals surface area contributed by atoms with Crippen LogP contribution < -0.4 is 0 Å². The van der Waals surface area contributed by atoms with Gasteiger partial charge >= 0.3 is 5.97 Å². The number of hydrogen-bond donors (Lipinski definition) is 0. The number of aromatic nitrogens is 1. The monoisotopic (exact) mass is 288 g/mol. The zero-order valence-electron chi connectivity index (χ0n) is 11.8. The SMILES string of the molecule is COC(=O)Cc1c2n(c3ccc([N+](=O)[O-])cc13)CCCC2. The van der Waals surface area contributed by atoms with Crippen LogP contribution >= 0.6 is 0 Å². The van der Waals surface area contributed by atoms with Gasteiger partial charge in [-0.05, 0) is 30.9 Å². The van der Waals surface area contributed by atoms with Gasteiger partial charge in [0.05, 0.1) is 18.5 Å². The van der Waals surface area contributed by atoms with Gasteiger partial charge in [0.15, 0.2) is 0 Å². The first-order chi connectivity index (χ1) is 10.1. The minimum Gasteiger partial charge on any atom is -0.469 e. The van der Waals surface area contributed by atoms with E-state index in [1.807, 2.05) is 0 Å². The Bertz CT molecular complexity index is 733. The highest BCUT2D eigenvalue weighted by molar-refractivity contribution is 5.91. The molecule has 0 bridgehead atoms. The zero-order chi connectivity index (χ0) is 15.0. The van der Waals surface area contributed by atoms with Crippen LogP contribution in [0.1, 0.15) is 24.1 Å². The van der Waals surface area contributed by atoms with E-state index in [0.29, 0.717) is 0 Å². The van der Waals surface area contributed by atoms with Gasteiger partial charge in [0.25, 0.3) is 5.69 Å². The molecule has 1 aliphatic rings. The molecule has 0 amide bonds. The van der Waals surface area contributed by atoms with Gasteiger partial charge in [-0.2, -0.15) is 0 Å². The number of aryl methyl sites for hydroxylation is 1. The Hall–Kier alpha value is -2.37. The Balaban J connectivity index is 2.22. The van der Waals surface area contributed by atoms with Crippen molar-refractivity contribution < 1.29 is 14.5 Å². The number of nitro groups is 1. The second kappa shape index (κ2) is 5.20. The molecule has 2 heterocycles. The summed E-state index contributed by atoms with van der Waals surface area (Å²) >= 11 is 0. The fourth-order valence-electron chi connectivity index (χ4n) is 3.10. The van der Waals surface area contributed by atoms with Gasteiger partial charge in [0, 0.05) is 35.3 Å². The summed E-state index contributed by atoms with van der Waals surface area (Å²) in [6.07, 6.45) is 3.23. The normalized spacial score (nSPS) is 14.0. The molecule has 1 aromatic carbocycles. The van der Waals surface area contributed by atoms with Crippen molar-refractivity contribution >= 4 is 22.6 Å². The molecule has 0 N–H and O–H groups in total. The highest BCUT2D eigenvalue weighted by atomic mass is 16.6. The summed E-state index contributed by atoms with van der Waals surface area (Å²) in [5.41, 5.74) is 3.01. The molecule has 110 valence electrons. The van der Waals surface area contributed by atoms with Crippen LogP contribution in [0.25, 0.3) is 10.9 Å². The smallest absolute Gasteiger partial charge is 0.310 e. The molecule has 1 aliphatic heterocycles. The van der Waals surface area contributed by atoms with Crippen molar-refractivity contribution in [3.05, 3.63) is 39.6 Å². The maximum Gasteiger partial charge on any atom is 0.310 e. The molecule has 0 fully saturated rings. The molecule has 0 atom stereocenters. The first kappa shape index (κ1) is 13.6. The molecule has 6 nitrogen and oxygen atoms in total. The van der Waals surface area contributed by atoms with Gasteiger partial charge in [0.1, 0.15) is 0 Å². The number of ether oxygens (including phenoxy) is 1. The lowest BCUT2D eigenvalue weighted by atomic mass is 10.0. The van der Waals surface area contributed by atoms with Crippen LogP contribution in [0.4, 0.5) is 5.69 Å². The molecule has 0 aliphatic carbocycles. The Morgan fingerprint density at radius 1 is 1.43 bits per heavy atom. The van der Waals surface area contributed by atoms with Crippen LogP contribution in [0.2, 0.25) is 0 Å². The third-order valence-electron chi connectivity index (χ3n) is 4.08. The van der Waals surface area contributed by atoms with E-state index < -0.39 is 4.92 Å². The zero-order valence-corrected chi connectivity index (χ0v) is 11.8. The first-order valence-electron chi connectivity index (χ1n) is 6.97. The van der Waals surface area contributed by atoms with Crippen molar-refractivity contribution in [2.75, 3.05) is 7.11 Å². The number of fused-ring (bicyclic) bond motifs is 3. The first-order valence-corrected chi connectivity index (χ1v) is 6.97. The number of nitrogens with zero attached hydrogens (tertiary/aromatic N) is 2. The van der Waals surface area contributed by atoms with Crippen LogP contribution in [0.5, 0.6) is 0 Å².